The molecule has 2 aliphatic carbocycles. The molecule has 2 aliphatic rings. The highest BCUT2D eigenvalue weighted by Crippen LogP contribution is 2.47. The molecule has 21 heavy (non-hydrogen) atoms. The predicted molar refractivity (Wildman–Crippen MR) is 81.7 cm³/mol. The summed E-state index contributed by atoms with van der Waals surface area (Å²) in [5.41, 5.74) is 6.94. The molecule has 0 heterocycles. The Hall–Kier alpha value is -1.55. The number of benzene rings is 1. The molecule has 3 rings (SSSR count). The minimum Gasteiger partial charge on any atom is -0.508 e. The molecule has 4 atom stereocenters. The molecule has 4 nitrogen and oxygen atoms in total. The van der Waals surface area contributed by atoms with E-state index in [2.05, 4.69) is 5.32 Å². The van der Waals surface area contributed by atoms with Crippen molar-refractivity contribution in [2.45, 2.75) is 38.1 Å². The fourth-order valence-electron chi connectivity index (χ4n) is 3.97. The number of aromatic hydroxyl groups is 1. The number of nitrogens with two attached hydrogens (primary N) is 1. The second-order valence-electron chi connectivity index (χ2n) is 6.66. The SMILES string of the molecule is N[C@@H](Cc1ccc(O)cc1)C(=O)NCC1CC2CCC1C2. The monoisotopic (exact) mass is 288 g/mol. The molecule has 4 heteroatoms. The third-order valence-electron chi connectivity index (χ3n) is 5.15. The first-order valence-corrected chi connectivity index (χ1v) is 7.93. The van der Waals surface area contributed by atoms with Crippen molar-refractivity contribution in [2.24, 2.45) is 23.5 Å². The number of carbonyl (C=O) groups is 1. The van der Waals surface area contributed by atoms with Gasteiger partial charge < -0.3 is 16.2 Å². The van der Waals surface area contributed by atoms with E-state index < -0.39 is 6.04 Å². The topological polar surface area (TPSA) is 75.3 Å². The van der Waals surface area contributed by atoms with E-state index in [1.807, 2.05) is 0 Å². The largest absolute Gasteiger partial charge is 0.508 e. The van der Waals surface area contributed by atoms with E-state index in [-0.39, 0.29) is 11.7 Å². The predicted octanol–water partition coefficient (Wildman–Crippen LogP) is 1.81. The highest BCUT2D eigenvalue weighted by atomic mass is 16.3. The smallest absolute Gasteiger partial charge is 0.237 e. The number of hydrogen-bond donors (Lipinski definition) is 3. The van der Waals surface area contributed by atoms with Crippen LogP contribution in [0.3, 0.4) is 0 Å². The number of carbonyl (C=O) groups excluding carboxylic acids is 1. The van der Waals surface area contributed by atoms with Crippen LogP contribution in [0.5, 0.6) is 5.75 Å². The quantitative estimate of drug-likeness (QED) is 0.773. The van der Waals surface area contributed by atoms with Crippen LogP contribution < -0.4 is 11.1 Å². The molecule has 3 unspecified atom stereocenters. The maximum Gasteiger partial charge on any atom is 0.237 e. The molecule has 4 N–H and O–H groups in total. The average molecular weight is 288 g/mol. The van der Waals surface area contributed by atoms with Crippen LogP contribution in [-0.4, -0.2) is 23.6 Å². The molecule has 1 aromatic rings. The summed E-state index contributed by atoms with van der Waals surface area (Å²) in [5, 5.41) is 12.3. The molecule has 0 saturated heterocycles. The summed E-state index contributed by atoms with van der Waals surface area (Å²) in [7, 11) is 0. The summed E-state index contributed by atoms with van der Waals surface area (Å²) in [6, 6.07) is 6.33. The first kappa shape index (κ1) is 14.4. The molecule has 2 saturated carbocycles. The number of hydrogen-bond acceptors (Lipinski definition) is 3. The van der Waals surface area contributed by atoms with E-state index in [9.17, 15) is 9.90 Å². The Bertz CT molecular complexity index is 500. The summed E-state index contributed by atoms with van der Waals surface area (Å²) in [6.07, 6.45) is 5.86. The molecular weight excluding hydrogens is 264 g/mol. The van der Waals surface area contributed by atoms with Gasteiger partial charge in [-0.1, -0.05) is 18.6 Å². The van der Waals surface area contributed by atoms with Gasteiger partial charge in [-0.05, 0) is 61.1 Å². The van der Waals surface area contributed by atoms with Crippen LogP contribution in [0.2, 0.25) is 0 Å². The van der Waals surface area contributed by atoms with Gasteiger partial charge in [-0.3, -0.25) is 4.79 Å². The highest BCUT2D eigenvalue weighted by Gasteiger charge is 2.39. The van der Waals surface area contributed by atoms with Crippen LogP contribution in [0.1, 0.15) is 31.2 Å². The van der Waals surface area contributed by atoms with Gasteiger partial charge in [0.05, 0.1) is 6.04 Å². The molecule has 0 aliphatic heterocycles. The molecule has 2 bridgehead atoms. The van der Waals surface area contributed by atoms with Crippen LogP contribution >= 0.6 is 0 Å². The summed E-state index contributed by atoms with van der Waals surface area (Å²) in [6.45, 7) is 0.781. The Balaban J connectivity index is 1.45. The minimum absolute atomic E-state index is 0.0640. The number of rotatable bonds is 5. The number of phenols is 1. The van der Waals surface area contributed by atoms with Crippen LogP contribution in [0.25, 0.3) is 0 Å². The van der Waals surface area contributed by atoms with Crippen molar-refractivity contribution in [1.29, 1.82) is 0 Å². The highest BCUT2D eigenvalue weighted by molar-refractivity contribution is 5.81. The first-order valence-electron chi connectivity index (χ1n) is 7.93. The second-order valence-corrected chi connectivity index (χ2v) is 6.66. The third-order valence-corrected chi connectivity index (χ3v) is 5.15. The van der Waals surface area contributed by atoms with Crippen molar-refractivity contribution in [1.82, 2.24) is 5.32 Å². The first-order chi connectivity index (χ1) is 10.1. The van der Waals surface area contributed by atoms with Gasteiger partial charge in [-0.2, -0.15) is 0 Å². The van der Waals surface area contributed by atoms with Crippen LogP contribution in [-0.2, 0) is 11.2 Å². The zero-order valence-electron chi connectivity index (χ0n) is 12.3. The van der Waals surface area contributed by atoms with Crippen molar-refractivity contribution in [2.75, 3.05) is 6.54 Å². The summed E-state index contributed by atoms with van der Waals surface area (Å²) in [4.78, 5) is 12.1. The maximum atomic E-state index is 12.1. The normalized spacial score (nSPS) is 28.5. The van der Waals surface area contributed by atoms with Crippen molar-refractivity contribution >= 4 is 5.91 Å². The maximum absolute atomic E-state index is 12.1. The molecule has 0 radical (unpaired) electrons. The van der Waals surface area contributed by atoms with E-state index >= 15 is 0 Å². The van der Waals surface area contributed by atoms with E-state index in [1.54, 1.807) is 24.3 Å². The van der Waals surface area contributed by atoms with Crippen molar-refractivity contribution in [3.05, 3.63) is 29.8 Å². The number of fused-ring (bicyclic) bond motifs is 2. The molecule has 114 valence electrons. The van der Waals surface area contributed by atoms with E-state index in [0.717, 1.165) is 23.9 Å². The zero-order valence-corrected chi connectivity index (χ0v) is 12.3. The molecular formula is C17H24N2O2. The Morgan fingerprint density at radius 2 is 2.05 bits per heavy atom. The summed E-state index contributed by atoms with van der Waals surface area (Å²) in [5.74, 6) is 2.55. The van der Waals surface area contributed by atoms with Gasteiger partial charge >= 0.3 is 0 Å². The van der Waals surface area contributed by atoms with Gasteiger partial charge in [0.15, 0.2) is 0 Å². The van der Waals surface area contributed by atoms with Gasteiger partial charge in [-0.15, -0.1) is 0 Å². The van der Waals surface area contributed by atoms with Gasteiger partial charge in [0.25, 0.3) is 0 Å². The van der Waals surface area contributed by atoms with Gasteiger partial charge in [0.1, 0.15) is 5.75 Å². The summed E-state index contributed by atoms with van der Waals surface area (Å²) >= 11 is 0. The lowest BCUT2D eigenvalue weighted by molar-refractivity contribution is -0.122. The Labute approximate surface area is 125 Å². The number of nitrogens with one attached hydrogen (secondary N) is 1. The molecule has 1 amide bonds. The molecule has 0 aromatic heterocycles. The third kappa shape index (κ3) is 3.38. The fraction of sp³-hybridized carbons (Fsp3) is 0.588. The Morgan fingerprint density at radius 3 is 2.67 bits per heavy atom. The van der Waals surface area contributed by atoms with E-state index in [0.29, 0.717) is 12.3 Å². The van der Waals surface area contributed by atoms with Crippen LogP contribution in [0.15, 0.2) is 24.3 Å². The average Bonchev–Trinajstić information content (AvgIpc) is 3.09. The molecule has 1 aromatic carbocycles. The number of amides is 1. The Kier molecular flexibility index (Phi) is 4.15. The number of phenolic OH excluding ortho intramolecular Hbond substituents is 1. The summed E-state index contributed by atoms with van der Waals surface area (Å²) < 4.78 is 0. The van der Waals surface area contributed by atoms with Crippen molar-refractivity contribution in [3.8, 4) is 5.75 Å². The van der Waals surface area contributed by atoms with Gasteiger partial charge in [0.2, 0.25) is 5.91 Å². The molecule has 2 fully saturated rings. The lowest BCUT2D eigenvalue weighted by atomic mass is 9.89. The fourth-order valence-corrected chi connectivity index (χ4v) is 3.97. The van der Waals surface area contributed by atoms with Gasteiger partial charge in [0, 0.05) is 6.54 Å². The van der Waals surface area contributed by atoms with Crippen molar-refractivity contribution < 1.29 is 9.90 Å². The van der Waals surface area contributed by atoms with E-state index in [4.69, 9.17) is 5.73 Å². The van der Waals surface area contributed by atoms with Gasteiger partial charge in [-0.25, -0.2) is 0 Å². The zero-order chi connectivity index (χ0) is 14.8. The van der Waals surface area contributed by atoms with E-state index in [1.165, 1.54) is 25.7 Å². The minimum atomic E-state index is -0.520. The lowest BCUT2D eigenvalue weighted by Gasteiger charge is -2.22. The second kappa shape index (κ2) is 6.06. The van der Waals surface area contributed by atoms with Crippen LogP contribution in [0, 0.1) is 17.8 Å². The Morgan fingerprint density at radius 1 is 1.29 bits per heavy atom. The lowest BCUT2D eigenvalue weighted by Crippen LogP contribution is -2.44. The van der Waals surface area contributed by atoms with Crippen LogP contribution in [0.4, 0.5) is 0 Å². The molecule has 0 spiro atoms. The van der Waals surface area contributed by atoms with Crippen molar-refractivity contribution in [3.63, 3.8) is 0 Å². The standard InChI is InChI=1S/C17H24N2O2/c18-16(9-11-2-5-15(20)6-3-11)17(21)19-10-14-8-12-1-4-13(14)7-12/h2-3,5-6,12-14,16,20H,1,4,7-10,18H2,(H,19,21)/t12?,13?,14?,16-/m0/s1.